The van der Waals surface area contributed by atoms with Crippen molar-refractivity contribution in [2.75, 3.05) is 5.32 Å². The lowest BCUT2D eigenvalue weighted by molar-refractivity contribution is -0.121. The summed E-state index contributed by atoms with van der Waals surface area (Å²) in [5.41, 5.74) is 2.29. The molecule has 0 unspecified atom stereocenters. The summed E-state index contributed by atoms with van der Waals surface area (Å²) in [4.78, 5) is 29.9. The molecule has 0 radical (unpaired) electrons. The number of benzene rings is 2. The molecule has 0 bridgehead atoms. The normalized spacial score (nSPS) is 16.2. The van der Waals surface area contributed by atoms with Crippen molar-refractivity contribution in [3.05, 3.63) is 63.5 Å². The molecule has 4 rings (SSSR count). The van der Waals surface area contributed by atoms with Crippen molar-refractivity contribution in [1.82, 2.24) is 9.97 Å². The van der Waals surface area contributed by atoms with Gasteiger partial charge in [0.2, 0.25) is 5.91 Å². The summed E-state index contributed by atoms with van der Waals surface area (Å²) in [5, 5.41) is 3.70. The molecule has 5 nitrogen and oxygen atoms in total. The fourth-order valence-electron chi connectivity index (χ4n) is 3.76. The van der Waals surface area contributed by atoms with Crippen molar-refractivity contribution in [3.8, 4) is 0 Å². The van der Waals surface area contributed by atoms with Crippen molar-refractivity contribution in [2.45, 2.75) is 31.1 Å². The Bertz CT molecular complexity index is 982. The van der Waals surface area contributed by atoms with Crippen LogP contribution >= 0.6 is 11.6 Å². The summed E-state index contributed by atoms with van der Waals surface area (Å²) in [6, 6.07) is 12.9. The number of H-pyrrole nitrogens is 2. The number of carbonyl (C=O) groups is 1. The van der Waals surface area contributed by atoms with E-state index in [2.05, 4.69) is 15.3 Å². The van der Waals surface area contributed by atoms with Crippen molar-refractivity contribution >= 4 is 34.2 Å². The molecule has 6 heteroatoms. The Hall–Kier alpha value is -2.53. The summed E-state index contributed by atoms with van der Waals surface area (Å²) in [7, 11) is 0. The minimum absolute atomic E-state index is 0.00967. The molecule has 3 N–H and O–H groups in total. The summed E-state index contributed by atoms with van der Waals surface area (Å²) in [5.74, 6) is -0.00967. The molecule has 1 amide bonds. The maximum Gasteiger partial charge on any atom is 0.323 e. The van der Waals surface area contributed by atoms with Crippen LogP contribution in [0.1, 0.15) is 31.2 Å². The molecule has 1 aliphatic rings. The minimum atomic E-state index is -0.523. The van der Waals surface area contributed by atoms with Crippen LogP contribution in [0.2, 0.25) is 5.02 Å². The zero-order chi connectivity index (χ0) is 17.4. The molecule has 1 fully saturated rings. The number of hydrogen-bond donors (Lipinski definition) is 3. The van der Waals surface area contributed by atoms with Crippen molar-refractivity contribution in [2.24, 2.45) is 0 Å². The molecule has 0 aliphatic heterocycles. The van der Waals surface area contributed by atoms with E-state index in [1.54, 1.807) is 18.2 Å². The topological polar surface area (TPSA) is 77.8 Å². The summed E-state index contributed by atoms with van der Waals surface area (Å²) < 4.78 is 0. The quantitative estimate of drug-likeness (QED) is 0.665. The van der Waals surface area contributed by atoms with E-state index in [0.29, 0.717) is 16.2 Å². The fraction of sp³-hybridized carbons (Fsp3) is 0.263. The lowest BCUT2D eigenvalue weighted by Crippen LogP contribution is -2.37. The lowest BCUT2D eigenvalue weighted by Gasteiger charge is -2.28. The Morgan fingerprint density at radius 1 is 1.00 bits per heavy atom. The van der Waals surface area contributed by atoms with Crippen LogP contribution in [0.25, 0.3) is 11.0 Å². The van der Waals surface area contributed by atoms with Crippen LogP contribution in [-0.2, 0) is 10.2 Å². The molecule has 2 aromatic carbocycles. The number of fused-ring (bicyclic) bond motifs is 1. The minimum Gasteiger partial charge on any atom is -0.325 e. The molecular weight excluding hydrogens is 338 g/mol. The summed E-state index contributed by atoms with van der Waals surface area (Å²) in [6.07, 6.45) is 3.70. The summed E-state index contributed by atoms with van der Waals surface area (Å²) in [6.45, 7) is 0. The average molecular weight is 356 g/mol. The van der Waals surface area contributed by atoms with Crippen LogP contribution in [0, 0.1) is 0 Å². The summed E-state index contributed by atoms with van der Waals surface area (Å²) >= 11 is 6.00. The smallest absolute Gasteiger partial charge is 0.323 e. The fourth-order valence-corrected chi connectivity index (χ4v) is 3.88. The number of amides is 1. The molecule has 128 valence electrons. The lowest BCUT2D eigenvalue weighted by atomic mass is 9.78. The number of aromatic amines is 2. The maximum atomic E-state index is 13.1. The van der Waals surface area contributed by atoms with E-state index in [1.165, 1.54) is 0 Å². The highest BCUT2D eigenvalue weighted by atomic mass is 35.5. The molecule has 1 aliphatic carbocycles. The number of hydrogen-bond acceptors (Lipinski definition) is 2. The Balaban J connectivity index is 1.66. The predicted octanol–water partition coefficient (Wildman–Crippen LogP) is 3.96. The van der Waals surface area contributed by atoms with E-state index in [9.17, 15) is 9.59 Å². The van der Waals surface area contributed by atoms with Crippen LogP contribution in [0.15, 0.2) is 47.3 Å². The Labute approximate surface area is 149 Å². The number of nitrogens with one attached hydrogen (secondary N) is 3. The Morgan fingerprint density at radius 2 is 1.68 bits per heavy atom. The highest BCUT2D eigenvalue weighted by Crippen LogP contribution is 2.42. The van der Waals surface area contributed by atoms with Crippen LogP contribution in [0.5, 0.6) is 0 Å². The van der Waals surface area contributed by atoms with Gasteiger partial charge in [0, 0.05) is 10.7 Å². The molecule has 0 atom stereocenters. The highest BCUT2D eigenvalue weighted by Gasteiger charge is 2.42. The SMILES string of the molecule is O=C(Nc1ccc2[nH]c(=O)[nH]c2c1)C1(c2ccc(Cl)cc2)CCCC1. The second kappa shape index (κ2) is 6.08. The molecule has 1 aromatic heterocycles. The van der Waals surface area contributed by atoms with E-state index in [-0.39, 0.29) is 11.6 Å². The first-order valence-corrected chi connectivity index (χ1v) is 8.74. The molecule has 1 heterocycles. The monoisotopic (exact) mass is 355 g/mol. The van der Waals surface area contributed by atoms with Crippen LogP contribution < -0.4 is 11.0 Å². The molecular formula is C19H18ClN3O2. The van der Waals surface area contributed by atoms with Gasteiger partial charge >= 0.3 is 5.69 Å². The first-order chi connectivity index (χ1) is 12.1. The van der Waals surface area contributed by atoms with Gasteiger partial charge in [0.1, 0.15) is 0 Å². The van der Waals surface area contributed by atoms with Gasteiger partial charge in [0.05, 0.1) is 16.4 Å². The van der Waals surface area contributed by atoms with Gasteiger partial charge in [-0.15, -0.1) is 0 Å². The zero-order valence-corrected chi connectivity index (χ0v) is 14.3. The second-order valence-electron chi connectivity index (χ2n) is 6.59. The number of halogens is 1. The second-order valence-corrected chi connectivity index (χ2v) is 7.03. The van der Waals surface area contributed by atoms with Gasteiger partial charge in [0.25, 0.3) is 0 Å². The van der Waals surface area contributed by atoms with Gasteiger partial charge in [-0.3, -0.25) is 4.79 Å². The van der Waals surface area contributed by atoms with E-state index < -0.39 is 5.41 Å². The van der Waals surface area contributed by atoms with E-state index >= 15 is 0 Å². The highest BCUT2D eigenvalue weighted by molar-refractivity contribution is 6.30. The Kier molecular flexibility index (Phi) is 3.88. The first kappa shape index (κ1) is 16.0. The predicted molar refractivity (Wildman–Crippen MR) is 99.1 cm³/mol. The molecule has 0 spiro atoms. The molecule has 3 aromatic rings. The van der Waals surface area contributed by atoms with E-state index in [4.69, 9.17) is 11.6 Å². The number of carbonyl (C=O) groups excluding carboxylic acids is 1. The van der Waals surface area contributed by atoms with Crippen LogP contribution in [-0.4, -0.2) is 15.9 Å². The van der Waals surface area contributed by atoms with Gasteiger partial charge < -0.3 is 15.3 Å². The van der Waals surface area contributed by atoms with E-state index in [0.717, 1.165) is 36.8 Å². The van der Waals surface area contributed by atoms with Crippen LogP contribution in [0.3, 0.4) is 0 Å². The molecule has 0 saturated heterocycles. The number of rotatable bonds is 3. The van der Waals surface area contributed by atoms with Gasteiger partial charge in [-0.1, -0.05) is 36.6 Å². The van der Waals surface area contributed by atoms with E-state index in [1.807, 2.05) is 24.3 Å². The standard InChI is InChI=1S/C19H18ClN3O2/c20-13-5-3-12(4-6-13)19(9-1-2-10-19)17(24)21-14-7-8-15-16(11-14)23-18(25)22-15/h3-8,11H,1-2,9-10H2,(H,21,24)(H2,22,23,25). The molecule has 25 heavy (non-hydrogen) atoms. The van der Waals surface area contributed by atoms with Gasteiger partial charge in [0.15, 0.2) is 0 Å². The van der Waals surface area contributed by atoms with Gasteiger partial charge in [-0.2, -0.15) is 0 Å². The van der Waals surface area contributed by atoms with Crippen LogP contribution in [0.4, 0.5) is 5.69 Å². The maximum absolute atomic E-state index is 13.1. The number of anilines is 1. The number of aromatic nitrogens is 2. The zero-order valence-electron chi connectivity index (χ0n) is 13.6. The van der Waals surface area contributed by atoms with Crippen molar-refractivity contribution < 1.29 is 4.79 Å². The van der Waals surface area contributed by atoms with Crippen molar-refractivity contribution in [3.63, 3.8) is 0 Å². The van der Waals surface area contributed by atoms with Crippen molar-refractivity contribution in [1.29, 1.82) is 0 Å². The third-order valence-corrected chi connectivity index (χ3v) is 5.31. The number of imidazole rings is 1. The van der Waals surface area contributed by atoms with Gasteiger partial charge in [-0.05, 0) is 48.7 Å². The van der Waals surface area contributed by atoms with Gasteiger partial charge in [-0.25, -0.2) is 4.79 Å². The largest absolute Gasteiger partial charge is 0.325 e. The first-order valence-electron chi connectivity index (χ1n) is 8.36. The third kappa shape index (κ3) is 2.85. The molecule has 1 saturated carbocycles. The Morgan fingerprint density at radius 3 is 2.40 bits per heavy atom. The average Bonchev–Trinajstić information content (AvgIpc) is 3.21. The third-order valence-electron chi connectivity index (χ3n) is 5.06.